The topological polar surface area (TPSA) is 32.5 Å². The Morgan fingerprint density at radius 2 is 2.12 bits per heavy atom. The summed E-state index contributed by atoms with van der Waals surface area (Å²) in [6.07, 6.45) is 1.02. The van der Waals surface area contributed by atoms with Crippen LogP contribution in [0.3, 0.4) is 0 Å². The second kappa shape index (κ2) is 4.75. The maximum absolute atomic E-state index is 6.19. The van der Waals surface area contributed by atoms with Gasteiger partial charge in [0.25, 0.3) is 0 Å². The van der Waals surface area contributed by atoms with Crippen LogP contribution in [0.2, 0.25) is 5.02 Å². The average molecular weight is 254 g/mol. The van der Waals surface area contributed by atoms with Gasteiger partial charge in [-0.05, 0) is 37.6 Å². The first-order valence-corrected chi connectivity index (χ1v) is 6.37. The highest BCUT2D eigenvalue weighted by molar-refractivity contribution is 6.32. The van der Waals surface area contributed by atoms with Crippen molar-refractivity contribution in [3.05, 3.63) is 22.7 Å². The summed E-state index contributed by atoms with van der Waals surface area (Å²) in [7, 11) is 4.26. The van der Waals surface area contributed by atoms with E-state index in [-0.39, 0.29) is 0 Å². The average Bonchev–Trinajstić information content (AvgIpc) is 2.29. The molecule has 0 fully saturated rings. The van der Waals surface area contributed by atoms with E-state index in [0.29, 0.717) is 6.04 Å². The molecule has 1 heterocycles. The Kier molecular flexibility index (Phi) is 3.50. The molecule has 0 aromatic heterocycles. The van der Waals surface area contributed by atoms with Gasteiger partial charge in [-0.15, -0.1) is 0 Å². The Balaban J connectivity index is 2.44. The van der Waals surface area contributed by atoms with E-state index < -0.39 is 0 Å². The number of anilines is 2. The molecule has 1 aromatic carbocycles. The number of likely N-dealkylation sites (N-methyl/N-ethyl adjacent to an activating group) is 2. The van der Waals surface area contributed by atoms with E-state index in [4.69, 9.17) is 17.3 Å². The van der Waals surface area contributed by atoms with E-state index >= 15 is 0 Å². The largest absolute Gasteiger partial charge is 0.371 e. The van der Waals surface area contributed by atoms with Crippen molar-refractivity contribution in [1.29, 1.82) is 0 Å². The molecule has 1 atom stereocenters. The number of fused-ring (bicyclic) bond motifs is 1. The number of halogens is 1. The molecular formula is C13H20ClN3. The van der Waals surface area contributed by atoms with Gasteiger partial charge in [0.2, 0.25) is 0 Å². The van der Waals surface area contributed by atoms with Gasteiger partial charge in [0, 0.05) is 31.7 Å². The van der Waals surface area contributed by atoms with Gasteiger partial charge in [-0.25, -0.2) is 0 Å². The van der Waals surface area contributed by atoms with Crippen LogP contribution in [0.15, 0.2) is 12.1 Å². The maximum Gasteiger partial charge on any atom is 0.0646 e. The van der Waals surface area contributed by atoms with E-state index in [1.54, 1.807) is 0 Å². The van der Waals surface area contributed by atoms with Gasteiger partial charge in [-0.1, -0.05) is 11.6 Å². The van der Waals surface area contributed by atoms with Gasteiger partial charge in [-0.3, -0.25) is 0 Å². The summed E-state index contributed by atoms with van der Waals surface area (Å²) in [5.41, 5.74) is 9.32. The van der Waals surface area contributed by atoms with Crippen LogP contribution in [-0.2, 0) is 0 Å². The predicted molar refractivity (Wildman–Crippen MR) is 75.3 cm³/mol. The lowest BCUT2D eigenvalue weighted by atomic mass is 10.0. The van der Waals surface area contributed by atoms with Crippen LogP contribution >= 0.6 is 11.6 Å². The van der Waals surface area contributed by atoms with Gasteiger partial charge < -0.3 is 15.5 Å². The standard InChI is InChI=1S/C13H20ClN3/c1-9-11(14)4-5-12-13(9)16(2)8-10(6-7-15)17(12)3/h4-5,10H,6-8,15H2,1-3H3. The molecule has 0 saturated carbocycles. The number of nitrogens with two attached hydrogens (primary N) is 1. The monoisotopic (exact) mass is 253 g/mol. The Morgan fingerprint density at radius 3 is 2.76 bits per heavy atom. The lowest BCUT2D eigenvalue weighted by Crippen LogP contribution is -2.47. The molecule has 0 radical (unpaired) electrons. The molecule has 0 amide bonds. The number of hydrogen-bond acceptors (Lipinski definition) is 3. The van der Waals surface area contributed by atoms with E-state index in [1.807, 2.05) is 6.07 Å². The minimum atomic E-state index is 0.484. The highest BCUT2D eigenvalue weighted by atomic mass is 35.5. The number of rotatable bonds is 2. The summed E-state index contributed by atoms with van der Waals surface area (Å²) < 4.78 is 0. The van der Waals surface area contributed by atoms with Crippen LogP contribution in [-0.4, -0.2) is 33.2 Å². The van der Waals surface area contributed by atoms with Crippen LogP contribution in [0, 0.1) is 6.92 Å². The lowest BCUT2D eigenvalue weighted by Gasteiger charge is -2.42. The number of benzene rings is 1. The summed E-state index contributed by atoms with van der Waals surface area (Å²) in [4.78, 5) is 4.61. The Hall–Kier alpha value is -0.930. The number of nitrogens with zero attached hydrogens (tertiary/aromatic N) is 2. The molecule has 17 heavy (non-hydrogen) atoms. The van der Waals surface area contributed by atoms with Gasteiger partial charge >= 0.3 is 0 Å². The van der Waals surface area contributed by atoms with Gasteiger partial charge in [-0.2, -0.15) is 0 Å². The molecule has 0 saturated heterocycles. The van der Waals surface area contributed by atoms with Crippen molar-refractivity contribution in [2.24, 2.45) is 5.73 Å². The summed E-state index contributed by atoms with van der Waals surface area (Å²) in [5, 5.41) is 0.835. The molecule has 0 bridgehead atoms. The third-order valence-electron chi connectivity index (χ3n) is 3.64. The quantitative estimate of drug-likeness (QED) is 0.878. The molecule has 1 aromatic rings. The van der Waals surface area contributed by atoms with Crippen molar-refractivity contribution >= 4 is 23.0 Å². The van der Waals surface area contributed by atoms with Crippen LogP contribution in [0.4, 0.5) is 11.4 Å². The molecule has 94 valence electrons. The first kappa shape index (κ1) is 12.5. The molecule has 2 rings (SSSR count). The van der Waals surface area contributed by atoms with Crippen molar-refractivity contribution in [3.8, 4) is 0 Å². The summed E-state index contributed by atoms with van der Waals surface area (Å²) >= 11 is 6.19. The Morgan fingerprint density at radius 1 is 1.41 bits per heavy atom. The second-order valence-electron chi connectivity index (χ2n) is 4.76. The van der Waals surface area contributed by atoms with Crippen LogP contribution in [0.25, 0.3) is 0 Å². The first-order valence-electron chi connectivity index (χ1n) is 5.99. The smallest absolute Gasteiger partial charge is 0.0646 e. The molecular weight excluding hydrogens is 234 g/mol. The zero-order chi connectivity index (χ0) is 12.6. The second-order valence-corrected chi connectivity index (χ2v) is 5.17. The lowest BCUT2D eigenvalue weighted by molar-refractivity contribution is 0.566. The van der Waals surface area contributed by atoms with Crippen molar-refractivity contribution in [1.82, 2.24) is 0 Å². The van der Waals surface area contributed by atoms with Gasteiger partial charge in [0.1, 0.15) is 0 Å². The normalized spacial score (nSPS) is 19.5. The highest BCUT2D eigenvalue weighted by Crippen LogP contribution is 2.39. The van der Waals surface area contributed by atoms with E-state index in [2.05, 4.69) is 36.9 Å². The molecule has 1 aliphatic rings. The molecule has 4 heteroatoms. The van der Waals surface area contributed by atoms with E-state index in [0.717, 1.165) is 30.1 Å². The molecule has 0 spiro atoms. The Labute approximate surface area is 108 Å². The zero-order valence-corrected chi connectivity index (χ0v) is 11.5. The predicted octanol–water partition coefficient (Wildman–Crippen LogP) is 2.25. The van der Waals surface area contributed by atoms with E-state index in [9.17, 15) is 0 Å². The van der Waals surface area contributed by atoms with Crippen molar-refractivity contribution < 1.29 is 0 Å². The summed E-state index contributed by atoms with van der Waals surface area (Å²) in [6.45, 7) is 3.81. The third kappa shape index (κ3) is 2.09. The van der Waals surface area contributed by atoms with Crippen molar-refractivity contribution in [3.63, 3.8) is 0 Å². The molecule has 1 unspecified atom stereocenters. The maximum atomic E-state index is 6.19. The fourth-order valence-corrected chi connectivity index (χ4v) is 2.78. The molecule has 0 aliphatic carbocycles. The van der Waals surface area contributed by atoms with Crippen LogP contribution in [0.1, 0.15) is 12.0 Å². The Bertz CT molecular complexity index is 419. The van der Waals surface area contributed by atoms with Crippen molar-refractivity contribution in [2.75, 3.05) is 37.0 Å². The van der Waals surface area contributed by atoms with Crippen LogP contribution in [0.5, 0.6) is 0 Å². The molecule has 1 aliphatic heterocycles. The molecule has 2 N–H and O–H groups in total. The summed E-state index contributed by atoms with van der Waals surface area (Å²) in [5.74, 6) is 0. The van der Waals surface area contributed by atoms with Crippen LogP contribution < -0.4 is 15.5 Å². The van der Waals surface area contributed by atoms with Crippen molar-refractivity contribution in [2.45, 2.75) is 19.4 Å². The number of hydrogen-bond donors (Lipinski definition) is 1. The third-order valence-corrected chi connectivity index (χ3v) is 4.05. The minimum Gasteiger partial charge on any atom is -0.371 e. The molecule has 3 nitrogen and oxygen atoms in total. The summed E-state index contributed by atoms with van der Waals surface area (Å²) in [6, 6.07) is 4.56. The SMILES string of the molecule is Cc1c(Cl)ccc2c1N(C)CC(CCN)N2C. The zero-order valence-electron chi connectivity index (χ0n) is 10.7. The first-order chi connectivity index (χ1) is 8.06. The van der Waals surface area contributed by atoms with E-state index in [1.165, 1.54) is 11.4 Å². The van der Waals surface area contributed by atoms with Gasteiger partial charge in [0.05, 0.1) is 11.4 Å². The highest BCUT2D eigenvalue weighted by Gasteiger charge is 2.27. The minimum absolute atomic E-state index is 0.484. The van der Waals surface area contributed by atoms with Gasteiger partial charge in [0.15, 0.2) is 0 Å². The fraction of sp³-hybridized carbons (Fsp3) is 0.538. The fourth-order valence-electron chi connectivity index (χ4n) is 2.63.